The van der Waals surface area contributed by atoms with Gasteiger partial charge in [0.25, 0.3) is 5.91 Å². The van der Waals surface area contributed by atoms with Crippen LogP contribution >= 0.6 is 0 Å². The Morgan fingerprint density at radius 1 is 1.06 bits per heavy atom. The molecular formula is C28H29N3O4. The molecule has 0 aliphatic heterocycles. The molecule has 1 saturated carbocycles. The fourth-order valence-electron chi connectivity index (χ4n) is 4.87. The third-order valence-electron chi connectivity index (χ3n) is 6.83. The van der Waals surface area contributed by atoms with E-state index in [1.807, 2.05) is 18.4 Å². The fourth-order valence-corrected chi connectivity index (χ4v) is 4.87. The number of aliphatic hydroxyl groups is 1. The number of esters is 1. The number of nitrogens with zero attached hydrogens (tertiary/aromatic N) is 2. The molecule has 0 saturated heterocycles. The molecule has 1 heterocycles. The Balaban J connectivity index is 1.55. The van der Waals surface area contributed by atoms with Crippen LogP contribution in [0.3, 0.4) is 0 Å². The third kappa shape index (κ3) is 4.58. The number of carbonyl (C=O) groups is 2. The molecule has 1 aromatic heterocycles. The minimum atomic E-state index is -2.07. The van der Waals surface area contributed by atoms with E-state index in [9.17, 15) is 20.0 Å². The van der Waals surface area contributed by atoms with E-state index in [4.69, 9.17) is 4.74 Å². The number of aromatic nitrogens is 1. The van der Waals surface area contributed by atoms with Crippen molar-refractivity contribution in [1.29, 1.82) is 5.26 Å². The summed E-state index contributed by atoms with van der Waals surface area (Å²) in [5, 5.41) is 24.0. The summed E-state index contributed by atoms with van der Waals surface area (Å²) in [5.74, 6) is -1.09. The van der Waals surface area contributed by atoms with Crippen LogP contribution in [0.5, 0.6) is 0 Å². The first-order valence-corrected chi connectivity index (χ1v) is 11.8. The largest absolute Gasteiger partial charge is 0.453 e. The van der Waals surface area contributed by atoms with Crippen molar-refractivity contribution in [2.75, 3.05) is 11.9 Å². The standard InChI is InChI=1S/C28H29N3O4/c1-19-20(2)31(23-15-9-10-16-23)26(24(19)17-29)30-25(32)18-35-27(33)28(34,21-11-5-3-6-12-21)22-13-7-4-8-14-22/h3-8,11-14,23,34H,9-10,15-16,18H2,1-2H3,(H,30,32). The van der Waals surface area contributed by atoms with Gasteiger partial charge in [-0.15, -0.1) is 0 Å². The molecule has 7 heteroatoms. The predicted octanol–water partition coefficient (Wildman–Crippen LogP) is 4.51. The van der Waals surface area contributed by atoms with E-state index in [-0.39, 0.29) is 6.04 Å². The zero-order valence-corrected chi connectivity index (χ0v) is 20.0. The normalized spacial score (nSPS) is 13.9. The Kier molecular flexibility index (Phi) is 7.04. The lowest BCUT2D eigenvalue weighted by Gasteiger charge is -2.27. The number of nitriles is 1. The Labute approximate surface area is 205 Å². The van der Waals surface area contributed by atoms with E-state index >= 15 is 0 Å². The van der Waals surface area contributed by atoms with Gasteiger partial charge < -0.3 is 19.7 Å². The molecular weight excluding hydrogens is 442 g/mol. The Morgan fingerprint density at radius 2 is 1.60 bits per heavy atom. The average molecular weight is 472 g/mol. The number of carbonyl (C=O) groups excluding carboxylic acids is 2. The fraction of sp³-hybridized carbons (Fsp3) is 0.321. The SMILES string of the molecule is Cc1c(C#N)c(NC(=O)COC(=O)C(O)(c2ccccc2)c2ccccc2)n(C2CCCC2)c1C. The van der Waals surface area contributed by atoms with Gasteiger partial charge in [0.1, 0.15) is 11.9 Å². The molecule has 7 nitrogen and oxygen atoms in total. The zero-order chi connectivity index (χ0) is 25.0. The monoisotopic (exact) mass is 471 g/mol. The van der Waals surface area contributed by atoms with Crippen LogP contribution in [0.15, 0.2) is 60.7 Å². The van der Waals surface area contributed by atoms with Crippen molar-refractivity contribution in [3.8, 4) is 6.07 Å². The van der Waals surface area contributed by atoms with Crippen LogP contribution in [0.2, 0.25) is 0 Å². The molecule has 180 valence electrons. The Hall–Kier alpha value is -3.89. The number of rotatable bonds is 7. The van der Waals surface area contributed by atoms with Gasteiger partial charge in [0.2, 0.25) is 5.60 Å². The maximum atomic E-state index is 13.2. The van der Waals surface area contributed by atoms with Gasteiger partial charge in [-0.1, -0.05) is 73.5 Å². The lowest BCUT2D eigenvalue weighted by atomic mass is 9.86. The van der Waals surface area contributed by atoms with Crippen molar-refractivity contribution in [2.45, 2.75) is 51.2 Å². The molecule has 0 spiro atoms. The highest BCUT2D eigenvalue weighted by Gasteiger charge is 2.42. The van der Waals surface area contributed by atoms with Crippen molar-refractivity contribution in [1.82, 2.24) is 4.57 Å². The first-order chi connectivity index (χ1) is 16.9. The van der Waals surface area contributed by atoms with Crippen LogP contribution < -0.4 is 5.32 Å². The highest BCUT2D eigenvalue weighted by Crippen LogP contribution is 2.38. The van der Waals surface area contributed by atoms with Crippen molar-refractivity contribution in [2.24, 2.45) is 0 Å². The number of ether oxygens (including phenoxy) is 1. The minimum absolute atomic E-state index is 0.218. The number of benzene rings is 2. The maximum absolute atomic E-state index is 13.2. The van der Waals surface area contributed by atoms with E-state index in [1.165, 1.54) is 0 Å². The number of anilines is 1. The van der Waals surface area contributed by atoms with Gasteiger partial charge in [0.05, 0.1) is 5.56 Å². The smallest absolute Gasteiger partial charge is 0.348 e. The van der Waals surface area contributed by atoms with Gasteiger partial charge in [-0.25, -0.2) is 4.79 Å². The summed E-state index contributed by atoms with van der Waals surface area (Å²) in [7, 11) is 0. The summed E-state index contributed by atoms with van der Waals surface area (Å²) in [5.41, 5.74) is 0.795. The number of hydrogen-bond acceptors (Lipinski definition) is 5. The van der Waals surface area contributed by atoms with E-state index in [0.717, 1.165) is 36.9 Å². The van der Waals surface area contributed by atoms with E-state index in [1.54, 1.807) is 60.7 Å². The highest BCUT2D eigenvalue weighted by molar-refractivity contribution is 5.95. The van der Waals surface area contributed by atoms with E-state index in [2.05, 4.69) is 11.4 Å². The number of hydrogen-bond donors (Lipinski definition) is 2. The summed E-state index contributed by atoms with van der Waals surface area (Å²) >= 11 is 0. The van der Waals surface area contributed by atoms with Gasteiger partial charge in [-0.2, -0.15) is 5.26 Å². The second kappa shape index (κ2) is 10.2. The molecule has 0 unspecified atom stereocenters. The molecule has 3 aromatic rings. The molecule has 0 bridgehead atoms. The van der Waals surface area contributed by atoms with Crippen molar-refractivity contribution >= 4 is 17.7 Å². The molecule has 4 rings (SSSR count). The number of nitrogens with one attached hydrogen (secondary N) is 1. The highest BCUT2D eigenvalue weighted by atomic mass is 16.6. The van der Waals surface area contributed by atoms with Crippen molar-refractivity contribution < 1.29 is 19.4 Å². The van der Waals surface area contributed by atoms with Crippen LogP contribution in [0, 0.1) is 25.2 Å². The summed E-state index contributed by atoms with van der Waals surface area (Å²) < 4.78 is 7.37. The molecule has 0 radical (unpaired) electrons. The van der Waals surface area contributed by atoms with Gasteiger partial charge in [-0.05, 0) is 43.4 Å². The third-order valence-corrected chi connectivity index (χ3v) is 6.83. The molecule has 2 aromatic carbocycles. The topological polar surface area (TPSA) is 104 Å². The molecule has 2 N–H and O–H groups in total. The van der Waals surface area contributed by atoms with Crippen molar-refractivity contribution in [3.63, 3.8) is 0 Å². The minimum Gasteiger partial charge on any atom is -0.453 e. The summed E-state index contributed by atoms with van der Waals surface area (Å²) in [4.78, 5) is 26.1. The first kappa shape index (κ1) is 24.2. The zero-order valence-electron chi connectivity index (χ0n) is 20.0. The van der Waals surface area contributed by atoms with Crippen LogP contribution in [0.4, 0.5) is 5.82 Å². The van der Waals surface area contributed by atoms with E-state index in [0.29, 0.717) is 22.5 Å². The quantitative estimate of drug-likeness (QED) is 0.494. The van der Waals surface area contributed by atoms with Crippen LogP contribution in [-0.4, -0.2) is 28.2 Å². The summed E-state index contributed by atoms with van der Waals surface area (Å²) in [6, 6.07) is 19.4. The molecule has 1 amide bonds. The second-order valence-corrected chi connectivity index (χ2v) is 8.92. The molecule has 35 heavy (non-hydrogen) atoms. The lowest BCUT2D eigenvalue weighted by molar-refractivity contribution is -0.164. The average Bonchev–Trinajstić information content (AvgIpc) is 3.49. The summed E-state index contributed by atoms with van der Waals surface area (Å²) in [6.45, 7) is 3.22. The maximum Gasteiger partial charge on any atom is 0.348 e. The Morgan fingerprint density at radius 3 is 2.11 bits per heavy atom. The molecule has 1 aliphatic carbocycles. The first-order valence-electron chi connectivity index (χ1n) is 11.8. The number of amides is 1. The van der Waals surface area contributed by atoms with Crippen molar-refractivity contribution in [3.05, 3.63) is 88.6 Å². The molecule has 1 fully saturated rings. The van der Waals surface area contributed by atoms with Crippen LogP contribution in [-0.2, 0) is 19.9 Å². The molecule has 1 aliphatic rings. The van der Waals surface area contributed by atoms with Gasteiger partial charge in [0.15, 0.2) is 6.61 Å². The Bertz CT molecular complexity index is 1210. The summed E-state index contributed by atoms with van der Waals surface area (Å²) in [6.07, 6.45) is 4.18. The lowest BCUT2D eigenvalue weighted by Crippen LogP contribution is -2.40. The van der Waals surface area contributed by atoms with Crippen LogP contribution in [0.25, 0.3) is 0 Å². The van der Waals surface area contributed by atoms with Gasteiger partial charge >= 0.3 is 5.97 Å². The van der Waals surface area contributed by atoms with Crippen LogP contribution in [0.1, 0.15) is 59.7 Å². The second-order valence-electron chi connectivity index (χ2n) is 8.92. The predicted molar refractivity (Wildman–Crippen MR) is 132 cm³/mol. The van der Waals surface area contributed by atoms with Gasteiger partial charge in [0, 0.05) is 11.7 Å². The van der Waals surface area contributed by atoms with E-state index < -0.39 is 24.1 Å². The molecule has 0 atom stereocenters. The van der Waals surface area contributed by atoms with Gasteiger partial charge in [-0.3, -0.25) is 4.79 Å².